The Balaban J connectivity index is 1.44. The lowest BCUT2D eigenvalue weighted by Gasteiger charge is -2.50. The van der Waals surface area contributed by atoms with Crippen molar-refractivity contribution >= 4 is 34.4 Å². The fraction of sp³-hybridized carbons (Fsp3) is 0.933. The summed E-state index contributed by atoms with van der Waals surface area (Å²) in [7, 11) is -6.42. The predicted molar refractivity (Wildman–Crippen MR) is 263 cm³/mol. The molecule has 0 aromatic heterocycles. The molecule has 0 amide bonds. The summed E-state index contributed by atoms with van der Waals surface area (Å²) < 4.78 is 109. The van der Waals surface area contributed by atoms with Crippen molar-refractivity contribution in [1.29, 1.82) is 0 Å². The molecule has 5 fully saturated rings. The monoisotopic (exact) mass is 1250 g/mol. The second-order valence-corrected chi connectivity index (χ2v) is 21.7. The van der Waals surface area contributed by atoms with Crippen LogP contribution in [0, 0.1) is 0 Å². The van der Waals surface area contributed by atoms with Crippen LogP contribution in [0.1, 0.15) is 46.5 Å². The van der Waals surface area contributed by atoms with Crippen LogP contribution in [0.4, 0.5) is 0 Å². The molecule has 1 aliphatic carbocycles. The second-order valence-electron chi connectivity index (χ2n) is 19.8. The topological polar surface area (TPSA) is 559 Å². The molecule has 4 heterocycles. The van der Waals surface area contributed by atoms with E-state index in [1.54, 1.807) is 0 Å². The molecular weight excluding hydrogens is 1170 g/mol. The zero-order valence-electron chi connectivity index (χ0n) is 45.0. The molecule has 0 spiro atoms. The van der Waals surface area contributed by atoms with Gasteiger partial charge in [-0.25, -0.2) is 0 Å². The molecular formula is C45H78N2O34P2+2. The highest BCUT2D eigenvalue weighted by Crippen LogP contribution is 2.40. The lowest BCUT2D eigenvalue weighted by molar-refractivity contribution is -0.402. The molecule has 0 bridgehead atoms. The minimum Gasteiger partial charge on any atom is -0.462 e. The quantitative estimate of drug-likeness (QED) is 0.0137. The van der Waals surface area contributed by atoms with Gasteiger partial charge in [-0.2, -0.15) is 0 Å². The summed E-state index contributed by atoms with van der Waals surface area (Å²) in [6.07, 6.45) is -51.4. The third kappa shape index (κ3) is 18.8. The van der Waals surface area contributed by atoms with Crippen LogP contribution >= 0.6 is 16.5 Å². The van der Waals surface area contributed by atoms with E-state index < -0.39 is 240 Å². The number of carbonyl (C=O) groups excluding carboxylic acids is 3. The average molecular weight is 1250 g/mol. The lowest BCUT2D eigenvalue weighted by atomic mass is 9.84. The number of unbranched alkanes of at least 4 members (excludes halogenated alkanes) is 2. The highest BCUT2D eigenvalue weighted by atomic mass is 31.1. The van der Waals surface area contributed by atoms with Crippen molar-refractivity contribution in [3.05, 3.63) is 0 Å². The summed E-state index contributed by atoms with van der Waals surface area (Å²) in [5.41, 5.74) is 11.8. The zero-order chi connectivity index (χ0) is 61.6. The summed E-state index contributed by atoms with van der Waals surface area (Å²) in [6, 6.07) is -1.91. The van der Waals surface area contributed by atoms with Crippen molar-refractivity contribution in [2.24, 2.45) is 11.5 Å². The standard InChI is InChI=1S/C45H78N2O34P2/c1-4-5-6-7-23(53)76-37-33(62)30(59)34(63)38(41(37)81-83(66)69-14-18(71-17(3)52)13-67-16(2)51)78-42-24(47)28(57)36(21(12-50)74-42)77-44-40(31(60)26(55)20(11-49)73-44)80-45-39(79-43-35(64)29(58)25(54)19(10-48)72-43)32(61)27(56)22(75-45)15-70-82(65)68-9-8-46/h18-22,24-45,48-50,54-64H,4-15,46-47H2,1-3H3/q+2/t18?,19-,20-,21-,22-,24-,25-,26-,27-,28-,29+,30-,31+,32+,33-,34+,35+,36-,37-,38-,39+,40+,41-,42-,43-,44-,45-/m1/s1. The first-order valence-corrected chi connectivity index (χ1v) is 28.5. The maximum absolute atomic E-state index is 13.5. The van der Waals surface area contributed by atoms with Gasteiger partial charge >= 0.3 is 34.4 Å². The van der Waals surface area contributed by atoms with Crippen LogP contribution in [0.25, 0.3) is 0 Å². The van der Waals surface area contributed by atoms with E-state index in [9.17, 15) is 95.0 Å². The molecule has 1 saturated carbocycles. The third-order valence-corrected chi connectivity index (χ3v) is 15.2. The van der Waals surface area contributed by atoms with Crippen LogP contribution in [-0.2, 0) is 93.7 Å². The Kier molecular flexibility index (Phi) is 29.0. The van der Waals surface area contributed by atoms with Gasteiger partial charge in [-0.3, -0.25) is 14.4 Å². The Labute approximate surface area is 475 Å². The summed E-state index contributed by atoms with van der Waals surface area (Å²) in [5, 5.41) is 154. The molecule has 5 aliphatic rings. The number of esters is 3. The van der Waals surface area contributed by atoms with E-state index in [1.165, 1.54) is 0 Å². The number of aliphatic hydroxyl groups excluding tert-OH is 14. The first-order valence-electron chi connectivity index (χ1n) is 26.3. The van der Waals surface area contributed by atoms with Gasteiger partial charge in [0.2, 0.25) is 0 Å². The highest BCUT2D eigenvalue weighted by molar-refractivity contribution is 7.33. The van der Waals surface area contributed by atoms with Crippen LogP contribution in [0.3, 0.4) is 0 Å². The Morgan fingerprint density at radius 3 is 1.60 bits per heavy atom. The number of nitrogens with two attached hydrogens (primary N) is 2. The second kappa shape index (κ2) is 33.7. The van der Waals surface area contributed by atoms with Crippen LogP contribution < -0.4 is 11.5 Å². The van der Waals surface area contributed by atoms with Crippen LogP contribution in [0.5, 0.6) is 0 Å². The number of hydrogen-bond acceptors (Lipinski definition) is 36. The van der Waals surface area contributed by atoms with E-state index >= 15 is 0 Å². The van der Waals surface area contributed by atoms with Crippen LogP contribution in [0.15, 0.2) is 0 Å². The number of rotatable bonds is 30. The fourth-order valence-electron chi connectivity index (χ4n) is 9.23. The third-order valence-electron chi connectivity index (χ3n) is 13.7. The number of carbonyl (C=O) groups is 3. The first kappa shape index (κ1) is 71.2. The van der Waals surface area contributed by atoms with E-state index in [1.807, 2.05) is 6.92 Å². The fourth-order valence-corrected chi connectivity index (χ4v) is 10.6. The number of hydrogen-bond donors (Lipinski definition) is 16. The van der Waals surface area contributed by atoms with Crippen molar-refractivity contribution in [1.82, 2.24) is 0 Å². The summed E-state index contributed by atoms with van der Waals surface area (Å²) in [6.45, 7) is -1.69. The van der Waals surface area contributed by atoms with Crippen LogP contribution in [0.2, 0.25) is 0 Å². The van der Waals surface area contributed by atoms with Gasteiger partial charge in [0.05, 0.1) is 25.9 Å². The molecule has 38 heteroatoms. The van der Waals surface area contributed by atoms with Crippen molar-refractivity contribution in [2.45, 2.75) is 212 Å². The van der Waals surface area contributed by atoms with E-state index in [0.717, 1.165) is 13.8 Å². The summed E-state index contributed by atoms with van der Waals surface area (Å²) >= 11 is 0. The van der Waals surface area contributed by atoms with Gasteiger partial charge in [0, 0.05) is 35.9 Å². The summed E-state index contributed by atoms with van der Waals surface area (Å²) in [4.78, 5) is 36.3. The van der Waals surface area contributed by atoms with Gasteiger partial charge < -0.3 is 135 Å². The van der Waals surface area contributed by atoms with Crippen molar-refractivity contribution in [2.75, 3.05) is 52.8 Å². The first-order chi connectivity index (χ1) is 39.3. The largest absolute Gasteiger partial charge is 0.698 e. The lowest BCUT2D eigenvalue weighted by Crippen LogP contribution is -2.70. The van der Waals surface area contributed by atoms with Gasteiger partial charge in [0.15, 0.2) is 43.5 Å². The molecule has 29 atom stereocenters. The Hall–Kier alpha value is -2.51. The molecule has 4 aliphatic heterocycles. The van der Waals surface area contributed by atoms with Gasteiger partial charge in [-0.1, -0.05) is 19.8 Å². The van der Waals surface area contributed by atoms with Gasteiger partial charge in [0.25, 0.3) is 0 Å². The highest BCUT2D eigenvalue weighted by Gasteiger charge is 2.60. The van der Waals surface area contributed by atoms with E-state index in [2.05, 4.69) is 0 Å². The maximum atomic E-state index is 13.5. The molecule has 18 N–H and O–H groups in total. The molecule has 0 aromatic rings. The molecule has 0 radical (unpaired) electrons. The number of ether oxygens (including phenoxy) is 11. The molecule has 83 heavy (non-hydrogen) atoms. The Bertz CT molecular complexity index is 2040. The molecule has 5 rings (SSSR count). The van der Waals surface area contributed by atoms with E-state index in [0.29, 0.717) is 19.3 Å². The van der Waals surface area contributed by atoms with E-state index in [4.69, 9.17) is 81.7 Å². The Morgan fingerprint density at radius 1 is 0.518 bits per heavy atom. The Morgan fingerprint density at radius 2 is 1.02 bits per heavy atom. The average Bonchev–Trinajstić information content (AvgIpc) is 2.46. The normalized spacial score (nSPS) is 41.1. The molecule has 480 valence electrons. The SMILES string of the molecule is CCCCCC(=O)O[C@@H]1[C@H](O)[C@@H](O)[C@H](O)[C@@H](O[C@H]2O[C@H](CO)[C@@H](O[C@H]3O[C@H](CO)[C@@H](O)[C@H](O)[C@@H]3O[C@H]3O[C@H](CO[P+](=O)OCCN)[C@@H](O)[C@H](O)[C@@H]3O[C@H]3O[C@H](CO)[C@@H](O)[C@H](O)[C@@H]3O)[C@H](O)[C@H]2N)[C@@H]1O[P+](=O)OCC(COC(C)=O)OC(C)=O. The van der Waals surface area contributed by atoms with E-state index in [-0.39, 0.29) is 19.6 Å². The van der Waals surface area contributed by atoms with Gasteiger partial charge in [-0.15, -0.1) is 18.1 Å². The number of aliphatic hydroxyl groups is 14. The predicted octanol–water partition coefficient (Wildman–Crippen LogP) is -8.59. The summed E-state index contributed by atoms with van der Waals surface area (Å²) in [5.74, 6) is -2.60. The van der Waals surface area contributed by atoms with Crippen LogP contribution in [-0.4, -0.2) is 308 Å². The molecule has 4 saturated heterocycles. The molecule has 0 aromatic carbocycles. The van der Waals surface area contributed by atoms with Gasteiger partial charge in [-0.05, 0) is 6.42 Å². The smallest absolute Gasteiger partial charge is 0.462 e. The molecule has 3 unspecified atom stereocenters. The van der Waals surface area contributed by atoms with Crippen molar-refractivity contribution in [3.8, 4) is 0 Å². The van der Waals surface area contributed by atoms with Gasteiger partial charge in [0.1, 0.15) is 142 Å². The minimum atomic E-state index is -3.49. The van der Waals surface area contributed by atoms with Crippen molar-refractivity contribution < 1.29 is 165 Å². The minimum absolute atomic E-state index is 0.0788. The molecule has 36 nitrogen and oxygen atoms in total. The maximum Gasteiger partial charge on any atom is 0.698 e. The zero-order valence-corrected chi connectivity index (χ0v) is 46.8. The van der Waals surface area contributed by atoms with Crippen molar-refractivity contribution in [3.63, 3.8) is 0 Å².